The van der Waals surface area contributed by atoms with Crippen molar-refractivity contribution in [2.75, 3.05) is 12.1 Å². The second-order valence-electron chi connectivity index (χ2n) is 4.77. The van der Waals surface area contributed by atoms with Crippen LogP contribution in [0.4, 0.5) is 10.1 Å². The van der Waals surface area contributed by atoms with E-state index in [9.17, 15) is 9.50 Å². The Morgan fingerprint density at radius 1 is 1.24 bits per heavy atom. The zero-order chi connectivity index (χ0) is 15.0. The number of hydrogen-bond donors (Lipinski definition) is 2. The molecule has 0 amide bonds. The van der Waals surface area contributed by atoms with Crippen LogP contribution in [0, 0.1) is 12.7 Å². The van der Waals surface area contributed by atoms with Crippen LogP contribution in [0.3, 0.4) is 0 Å². The van der Waals surface area contributed by atoms with E-state index in [1.54, 1.807) is 12.1 Å². The van der Waals surface area contributed by atoms with Gasteiger partial charge < -0.3 is 19.9 Å². The Morgan fingerprint density at radius 3 is 2.71 bits per heavy atom. The summed E-state index contributed by atoms with van der Waals surface area (Å²) in [5, 5.41) is 13.1. The average Bonchev–Trinajstić information content (AvgIpc) is 2.88. The Labute approximate surface area is 129 Å². The Kier molecular flexibility index (Phi) is 3.63. The number of phenolic OH excluding ortho intramolecular Hbond substituents is 1. The van der Waals surface area contributed by atoms with E-state index in [4.69, 9.17) is 9.47 Å². The lowest BCUT2D eigenvalue weighted by Crippen LogP contribution is -2.02. The lowest BCUT2D eigenvalue weighted by atomic mass is 10.1. The van der Waals surface area contributed by atoms with Crippen molar-refractivity contribution in [1.82, 2.24) is 0 Å². The van der Waals surface area contributed by atoms with Crippen LogP contribution >= 0.6 is 15.9 Å². The second kappa shape index (κ2) is 5.44. The summed E-state index contributed by atoms with van der Waals surface area (Å²) >= 11 is 3.15. The molecule has 0 radical (unpaired) electrons. The van der Waals surface area contributed by atoms with Gasteiger partial charge in [-0.05, 0) is 46.6 Å². The maximum atomic E-state index is 13.6. The molecule has 0 aromatic heterocycles. The van der Waals surface area contributed by atoms with Crippen LogP contribution in [0.15, 0.2) is 28.7 Å². The molecule has 110 valence electrons. The van der Waals surface area contributed by atoms with Crippen molar-refractivity contribution in [3.63, 3.8) is 0 Å². The molecule has 0 spiro atoms. The third kappa shape index (κ3) is 2.76. The number of nitrogens with one attached hydrogen (secondary N) is 1. The van der Waals surface area contributed by atoms with Gasteiger partial charge in [0.05, 0.1) is 4.47 Å². The fourth-order valence-corrected chi connectivity index (χ4v) is 2.60. The SMILES string of the molecule is Cc1cc(Br)c(F)cc1NCc1cc2c(cc1O)OCO2. The Bertz CT molecular complexity index is 706. The molecule has 2 N–H and O–H groups in total. The summed E-state index contributed by atoms with van der Waals surface area (Å²) in [4.78, 5) is 0. The van der Waals surface area contributed by atoms with Crippen molar-refractivity contribution in [3.05, 3.63) is 45.7 Å². The number of anilines is 1. The second-order valence-corrected chi connectivity index (χ2v) is 5.62. The zero-order valence-electron chi connectivity index (χ0n) is 11.2. The molecule has 2 aromatic rings. The number of phenols is 1. The topological polar surface area (TPSA) is 50.7 Å². The van der Waals surface area contributed by atoms with Crippen molar-refractivity contribution in [2.45, 2.75) is 13.5 Å². The Balaban J connectivity index is 1.81. The molecule has 21 heavy (non-hydrogen) atoms. The maximum absolute atomic E-state index is 13.6. The van der Waals surface area contributed by atoms with E-state index in [0.29, 0.717) is 33.8 Å². The molecule has 1 aliphatic heterocycles. The number of aryl methyl sites for hydroxylation is 1. The van der Waals surface area contributed by atoms with E-state index in [1.165, 1.54) is 12.1 Å². The number of benzene rings is 2. The van der Waals surface area contributed by atoms with Crippen LogP contribution in [0.1, 0.15) is 11.1 Å². The van der Waals surface area contributed by atoms with Gasteiger partial charge in [0.1, 0.15) is 11.6 Å². The number of fused-ring (bicyclic) bond motifs is 1. The molecule has 0 saturated heterocycles. The van der Waals surface area contributed by atoms with Crippen molar-refractivity contribution >= 4 is 21.6 Å². The minimum absolute atomic E-state index is 0.113. The average molecular weight is 354 g/mol. The van der Waals surface area contributed by atoms with E-state index < -0.39 is 0 Å². The molecule has 1 aliphatic rings. The highest BCUT2D eigenvalue weighted by molar-refractivity contribution is 9.10. The summed E-state index contributed by atoms with van der Waals surface area (Å²) in [7, 11) is 0. The van der Waals surface area contributed by atoms with Gasteiger partial charge in [-0.1, -0.05) is 0 Å². The molecular weight excluding hydrogens is 341 g/mol. The van der Waals surface area contributed by atoms with Crippen LogP contribution in [0.2, 0.25) is 0 Å². The van der Waals surface area contributed by atoms with Gasteiger partial charge in [0.25, 0.3) is 0 Å². The van der Waals surface area contributed by atoms with Crippen molar-refractivity contribution in [3.8, 4) is 17.2 Å². The Hall–Kier alpha value is -1.95. The third-order valence-electron chi connectivity index (χ3n) is 3.31. The molecule has 0 bridgehead atoms. The first-order valence-electron chi connectivity index (χ1n) is 6.35. The first-order chi connectivity index (χ1) is 10.0. The predicted octanol–water partition coefficient (Wildman–Crippen LogP) is 3.94. The van der Waals surface area contributed by atoms with E-state index >= 15 is 0 Å². The van der Waals surface area contributed by atoms with Gasteiger partial charge >= 0.3 is 0 Å². The summed E-state index contributed by atoms with van der Waals surface area (Å²) in [6, 6.07) is 6.37. The summed E-state index contributed by atoms with van der Waals surface area (Å²) < 4.78 is 24.5. The molecule has 0 aliphatic carbocycles. The van der Waals surface area contributed by atoms with Crippen molar-refractivity contribution in [2.24, 2.45) is 0 Å². The molecule has 6 heteroatoms. The predicted molar refractivity (Wildman–Crippen MR) is 80.4 cm³/mol. The van der Waals surface area contributed by atoms with Crippen LogP contribution in [-0.4, -0.2) is 11.9 Å². The number of aromatic hydroxyl groups is 1. The highest BCUT2D eigenvalue weighted by Crippen LogP contribution is 2.38. The van der Waals surface area contributed by atoms with Gasteiger partial charge in [-0.25, -0.2) is 4.39 Å². The summed E-state index contributed by atoms with van der Waals surface area (Å²) in [5.41, 5.74) is 2.23. The highest BCUT2D eigenvalue weighted by Gasteiger charge is 2.17. The van der Waals surface area contributed by atoms with Crippen LogP contribution in [-0.2, 0) is 6.54 Å². The molecule has 3 rings (SSSR count). The van der Waals surface area contributed by atoms with Gasteiger partial charge in [-0.15, -0.1) is 0 Å². The van der Waals surface area contributed by atoms with Gasteiger partial charge in [-0.2, -0.15) is 0 Å². The normalized spacial score (nSPS) is 12.5. The fraction of sp³-hybridized carbons (Fsp3) is 0.200. The monoisotopic (exact) mass is 353 g/mol. The molecule has 0 atom stereocenters. The fourth-order valence-electron chi connectivity index (χ4n) is 2.14. The standard InChI is InChI=1S/C15H13BrFNO3/c1-8-2-10(16)11(17)4-12(8)18-6-9-3-14-15(5-13(9)19)21-7-20-14/h2-5,18-19H,6-7H2,1H3. The molecular formula is C15H13BrFNO3. The number of rotatable bonds is 3. The molecule has 2 aromatic carbocycles. The largest absolute Gasteiger partial charge is 0.507 e. The van der Waals surface area contributed by atoms with Crippen molar-refractivity contribution < 1.29 is 19.0 Å². The molecule has 0 unspecified atom stereocenters. The van der Waals surface area contributed by atoms with E-state index in [-0.39, 0.29) is 18.4 Å². The number of hydrogen-bond acceptors (Lipinski definition) is 4. The molecule has 1 heterocycles. The zero-order valence-corrected chi connectivity index (χ0v) is 12.8. The van der Waals surface area contributed by atoms with Crippen LogP contribution in [0.25, 0.3) is 0 Å². The van der Waals surface area contributed by atoms with Gasteiger partial charge in [0.15, 0.2) is 11.5 Å². The van der Waals surface area contributed by atoms with Crippen LogP contribution < -0.4 is 14.8 Å². The van der Waals surface area contributed by atoms with Gasteiger partial charge in [0.2, 0.25) is 6.79 Å². The number of ether oxygens (including phenoxy) is 2. The van der Waals surface area contributed by atoms with E-state index in [2.05, 4.69) is 21.2 Å². The quantitative estimate of drug-likeness (QED) is 0.877. The number of halogens is 2. The minimum atomic E-state index is -0.335. The first kappa shape index (κ1) is 14.0. The lowest BCUT2D eigenvalue weighted by molar-refractivity contribution is 0.174. The van der Waals surface area contributed by atoms with Gasteiger partial charge in [0, 0.05) is 23.9 Å². The molecule has 4 nitrogen and oxygen atoms in total. The summed E-state index contributed by atoms with van der Waals surface area (Å²) in [6.45, 7) is 2.39. The minimum Gasteiger partial charge on any atom is -0.507 e. The highest BCUT2D eigenvalue weighted by atomic mass is 79.9. The molecule has 0 saturated carbocycles. The maximum Gasteiger partial charge on any atom is 0.231 e. The smallest absolute Gasteiger partial charge is 0.231 e. The van der Waals surface area contributed by atoms with Crippen LogP contribution in [0.5, 0.6) is 17.2 Å². The van der Waals surface area contributed by atoms with E-state index in [0.717, 1.165) is 5.56 Å². The third-order valence-corrected chi connectivity index (χ3v) is 3.92. The summed E-state index contributed by atoms with van der Waals surface area (Å²) in [6.07, 6.45) is 0. The Morgan fingerprint density at radius 2 is 1.95 bits per heavy atom. The van der Waals surface area contributed by atoms with E-state index in [1.807, 2.05) is 6.92 Å². The molecule has 0 fully saturated rings. The van der Waals surface area contributed by atoms with Gasteiger partial charge in [-0.3, -0.25) is 0 Å². The first-order valence-corrected chi connectivity index (χ1v) is 7.15. The lowest BCUT2D eigenvalue weighted by Gasteiger charge is -2.12. The van der Waals surface area contributed by atoms with Crippen molar-refractivity contribution in [1.29, 1.82) is 0 Å². The summed E-state index contributed by atoms with van der Waals surface area (Å²) in [5.74, 6) is 0.908.